The third-order valence-corrected chi connectivity index (χ3v) is 1.87. The molecule has 6 heteroatoms. The molecule has 0 aliphatic heterocycles. The third kappa shape index (κ3) is 4.09. The molecular formula is C9H17N5O. The average Bonchev–Trinajstić information content (AvgIpc) is 2.27. The summed E-state index contributed by atoms with van der Waals surface area (Å²) in [4.78, 5) is 8.15. The molecule has 1 heterocycles. The molecule has 0 aliphatic carbocycles. The van der Waals surface area contributed by atoms with Gasteiger partial charge in [0.2, 0.25) is 0 Å². The summed E-state index contributed by atoms with van der Waals surface area (Å²) >= 11 is 0. The molecular weight excluding hydrogens is 194 g/mol. The van der Waals surface area contributed by atoms with Crippen molar-refractivity contribution in [1.29, 1.82) is 0 Å². The van der Waals surface area contributed by atoms with Crippen LogP contribution in [-0.2, 0) is 4.74 Å². The number of ether oxygens (including phenoxy) is 1. The molecule has 1 aromatic heterocycles. The topological polar surface area (TPSA) is 85.1 Å². The Morgan fingerprint density at radius 3 is 2.87 bits per heavy atom. The van der Waals surface area contributed by atoms with Gasteiger partial charge in [-0.05, 0) is 5.92 Å². The highest BCUT2D eigenvalue weighted by Crippen LogP contribution is 2.06. The van der Waals surface area contributed by atoms with Gasteiger partial charge in [0.1, 0.15) is 5.82 Å². The maximum atomic E-state index is 5.22. The van der Waals surface area contributed by atoms with Crippen LogP contribution in [0.25, 0.3) is 0 Å². The van der Waals surface area contributed by atoms with E-state index in [9.17, 15) is 0 Å². The van der Waals surface area contributed by atoms with Gasteiger partial charge in [0.25, 0.3) is 0 Å². The van der Waals surface area contributed by atoms with Crippen molar-refractivity contribution in [2.45, 2.75) is 6.92 Å². The van der Waals surface area contributed by atoms with Crippen LogP contribution >= 0.6 is 0 Å². The molecule has 1 unspecified atom stereocenters. The fraction of sp³-hybridized carbons (Fsp3) is 0.556. The van der Waals surface area contributed by atoms with Gasteiger partial charge in [-0.2, -0.15) is 0 Å². The number of hydrogen-bond acceptors (Lipinski definition) is 6. The number of methoxy groups -OCH3 is 1. The van der Waals surface area contributed by atoms with Crippen molar-refractivity contribution in [3.05, 3.63) is 12.4 Å². The van der Waals surface area contributed by atoms with Crippen LogP contribution in [0.3, 0.4) is 0 Å². The standard InChI is InChI=1S/C9H17N5O/c1-7(6-15-2)3-12-8-4-11-5-9(13-8)14-10/h4-5,7H,3,6,10H2,1-2H3,(H2,12,13,14). The minimum absolute atomic E-state index is 0.422. The Morgan fingerprint density at radius 2 is 2.20 bits per heavy atom. The first-order valence-electron chi connectivity index (χ1n) is 4.77. The Labute approximate surface area is 89.2 Å². The van der Waals surface area contributed by atoms with Crippen LogP contribution < -0.4 is 16.6 Å². The lowest BCUT2D eigenvalue weighted by Gasteiger charge is -2.11. The number of hydrazine groups is 1. The van der Waals surface area contributed by atoms with Gasteiger partial charge in [0.15, 0.2) is 5.82 Å². The molecule has 0 bridgehead atoms. The summed E-state index contributed by atoms with van der Waals surface area (Å²) in [6.07, 6.45) is 3.21. The quantitative estimate of drug-likeness (QED) is 0.468. The van der Waals surface area contributed by atoms with Crippen molar-refractivity contribution in [3.63, 3.8) is 0 Å². The number of nitrogens with one attached hydrogen (secondary N) is 2. The van der Waals surface area contributed by atoms with E-state index in [0.29, 0.717) is 17.6 Å². The van der Waals surface area contributed by atoms with E-state index in [1.165, 1.54) is 0 Å². The highest BCUT2D eigenvalue weighted by Gasteiger charge is 2.02. The zero-order chi connectivity index (χ0) is 11.1. The summed E-state index contributed by atoms with van der Waals surface area (Å²) in [6, 6.07) is 0. The summed E-state index contributed by atoms with van der Waals surface area (Å²) in [5, 5.41) is 3.15. The van der Waals surface area contributed by atoms with Crippen molar-refractivity contribution in [1.82, 2.24) is 9.97 Å². The van der Waals surface area contributed by atoms with Crippen molar-refractivity contribution in [2.75, 3.05) is 31.0 Å². The molecule has 0 radical (unpaired) electrons. The lowest BCUT2D eigenvalue weighted by molar-refractivity contribution is 0.164. The van der Waals surface area contributed by atoms with Crippen molar-refractivity contribution < 1.29 is 4.74 Å². The molecule has 0 saturated heterocycles. The first kappa shape index (κ1) is 11.7. The van der Waals surface area contributed by atoms with Gasteiger partial charge < -0.3 is 15.5 Å². The number of aromatic nitrogens is 2. The molecule has 6 nitrogen and oxygen atoms in total. The zero-order valence-corrected chi connectivity index (χ0v) is 9.03. The first-order chi connectivity index (χ1) is 7.26. The summed E-state index contributed by atoms with van der Waals surface area (Å²) in [5.74, 6) is 6.89. The normalized spacial score (nSPS) is 12.2. The van der Waals surface area contributed by atoms with Crippen LogP contribution in [0, 0.1) is 5.92 Å². The number of rotatable bonds is 6. The van der Waals surface area contributed by atoms with Crippen LogP contribution in [0.2, 0.25) is 0 Å². The molecule has 1 rings (SSSR count). The minimum Gasteiger partial charge on any atom is -0.384 e. The van der Waals surface area contributed by atoms with E-state index >= 15 is 0 Å². The van der Waals surface area contributed by atoms with Crippen LogP contribution in [0.1, 0.15) is 6.92 Å². The van der Waals surface area contributed by atoms with Crippen molar-refractivity contribution >= 4 is 11.6 Å². The van der Waals surface area contributed by atoms with E-state index in [0.717, 1.165) is 13.2 Å². The van der Waals surface area contributed by atoms with E-state index in [2.05, 4.69) is 27.6 Å². The van der Waals surface area contributed by atoms with Gasteiger partial charge in [0.05, 0.1) is 19.0 Å². The second kappa shape index (κ2) is 6.15. The van der Waals surface area contributed by atoms with Gasteiger partial charge in [-0.25, -0.2) is 10.8 Å². The lowest BCUT2D eigenvalue weighted by atomic mass is 10.2. The smallest absolute Gasteiger partial charge is 0.160 e. The first-order valence-corrected chi connectivity index (χ1v) is 4.77. The summed E-state index contributed by atoms with van der Waals surface area (Å²) in [5.41, 5.74) is 2.44. The Hall–Kier alpha value is -1.40. The monoisotopic (exact) mass is 211 g/mol. The molecule has 0 amide bonds. The molecule has 0 fully saturated rings. The SMILES string of the molecule is COCC(C)CNc1cncc(NN)n1. The predicted octanol–water partition coefficient (Wildman–Crippen LogP) is 0.457. The van der Waals surface area contributed by atoms with E-state index in [4.69, 9.17) is 10.6 Å². The minimum atomic E-state index is 0.422. The number of nitrogens with two attached hydrogens (primary N) is 1. The molecule has 0 aromatic carbocycles. The maximum absolute atomic E-state index is 5.22. The highest BCUT2D eigenvalue weighted by molar-refractivity contribution is 5.40. The van der Waals surface area contributed by atoms with E-state index in [-0.39, 0.29) is 0 Å². The van der Waals surface area contributed by atoms with Crippen LogP contribution in [-0.4, -0.2) is 30.2 Å². The van der Waals surface area contributed by atoms with Crippen LogP contribution in [0.15, 0.2) is 12.4 Å². The number of anilines is 2. The third-order valence-electron chi connectivity index (χ3n) is 1.87. The Balaban J connectivity index is 2.43. The molecule has 4 N–H and O–H groups in total. The van der Waals surface area contributed by atoms with Gasteiger partial charge >= 0.3 is 0 Å². The molecule has 0 aliphatic rings. The van der Waals surface area contributed by atoms with Crippen LogP contribution in [0.4, 0.5) is 11.6 Å². The molecule has 0 saturated carbocycles. The Kier molecular flexibility index (Phi) is 4.79. The molecule has 84 valence electrons. The van der Waals surface area contributed by atoms with Crippen LogP contribution in [0.5, 0.6) is 0 Å². The van der Waals surface area contributed by atoms with E-state index in [1.54, 1.807) is 19.5 Å². The lowest BCUT2D eigenvalue weighted by Crippen LogP contribution is -2.17. The second-order valence-electron chi connectivity index (χ2n) is 3.38. The van der Waals surface area contributed by atoms with E-state index < -0.39 is 0 Å². The summed E-state index contributed by atoms with van der Waals surface area (Å²) < 4.78 is 5.03. The van der Waals surface area contributed by atoms with Gasteiger partial charge in [-0.15, -0.1) is 0 Å². The highest BCUT2D eigenvalue weighted by atomic mass is 16.5. The summed E-state index contributed by atoms with van der Waals surface area (Å²) in [6.45, 7) is 3.60. The van der Waals surface area contributed by atoms with Gasteiger partial charge in [-0.1, -0.05) is 6.92 Å². The van der Waals surface area contributed by atoms with Gasteiger partial charge in [0, 0.05) is 13.7 Å². The Bertz CT molecular complexity index is 294. The molecule has 15 heavy (non-hydrogen) atoms. The van der Waals surface area contributed by atoms with Gasteiger partial charge in [-0.3, -0.25) is 4.98 Å². The average molecular weight is 211 g/mol. The molecule has 0 spiro atoms. The number of nitrogen functional groups attached to an aromatic ring is 1. The second-order valence-corrected chi connectivity index (χ2v) is 3.38. The molecule has 1 aromatic rings. The van der Waals surface area contributed by atoms with E-state index in [1.807, 2.05) is 0 Å². The van der Waals surface area contributed by atoms with Crippen molar-refractivity contribution in [2.24, 2.45) is 11.8 Å². The fourth-order valence-electron chi connectivity index (χ4n) is 1.14. The predicted molar refractivity (Wildman–Crippen MR) is 59.4 cm³/mol. The zero-order valence-electron chi connectivity index (χ0n) is 9.03. The Morgan fingerprint density at radius 1 is 1.47 bits per heavy atom. The largest absolute Gasteiger partial charge is 0.384 e. The number of nitrogens with zero attached hydrogens (tertiary/aromatic N) is 2. The maximum Gasteiger partial charge on any atom is 0.160 e. The molecule has 1 atom stereocenters. The van der Waals surface area contributed by atoms with Crippen molar-refractivity contribution in [3.8, 4) is 0 Å². The summed E-state index contributed by atoms with van der Waals surface area (Å²) in [7, 11) is 1.69. The number of hydrogen-bond donors (Lipinski definition) is 3. The fourth-order valence-corrected chi connectivity index (χ4v) is 1.14.